The summed E-state index contributed by atoms with van der Waals surface area (Å²) < 4.78 is 17.1. The highest BCUT2D eigenvalue weighted by molar-refractivity contribution is 6.07. The zero-order chi connectivity index (χ0) is 30.5. The third-order valence-electron chi connectivity index (χ3n) is 8.71. The first-order valence-corrected chi connectivity index (χ1v) is 14.5. The van der Waals surface area contributed by atoms with Gasteiger partial charge in [-0.2, -0.15) is 0 Å². The summed E-state index contributed by atoms with van der Waals surface area (Å²) in [5, 5.41) is 13.0. The molecule has 3 aromatic heterocycles. The number of carbonyl (C=O) groups is 2. The molecule has 1 saturated carbocycles. The van der Waals surface area contributed by atoms with Gasteiger partial charge in [0.1, 0.15) is 29.2 Å². The summed E-state index contributed by atoms with van der Waals surface area (Å²) in [6, 6.07) is 14.1. The van der Waals surface area contributed by atoms with E-state index < -0.39 is 17.3 Å². The molecule has 0 saturated heterocycles. The number of aliphatic hydroxyl groups excluding tert-OH is 1. The summed E-state index contributed by atoms with van der Waals surface area (Å²) in [5.41, 5.74) is 9.62. The average Bonchev–Trinajstić information content (AvgIpc) is 3.38. The lowest BCUT2D eigenvalue weighted by Gasteiger charge is -2.35. The fraction of sp³-hybridized carbons (Fsp3) is 0.242. The molecule has 1 fully saturated rings. The van der Waals surface area contributed by atoms with Crippen LogP contribution in [-0.4, -0.2) is 42.5 Å². The van der Waals surface area contributed by atoms with Gasteiger partial charge in [-0.05, 0) is 79.6 Å². The maximum absolute atomic E-state index is 13.6. The van der Waals surface area contributed by atoms with E-state index in [1.54, 1.807) is 12.1 Å². The number of aromatic nitrogens is 4. The standard InChI is InChI=1S/C33H29FN6O4/c34-20-6-10-22(11-7-20)40-27-2-1-3-28(42)24(27)14-25(33(40)44)32(43)38-21-8-4-19(5-9-21)26-15-39(23-12-18(13-23)16-41)31-29(26)30(35)36-17-37-31/h4-11,14-15,17-18,23,41H,1-3,12-13,16H2,(H,38,43)(H2,35,36,37)/t18-,23+. The Bertz CT molecular complexity index is 1990. The van der Waals surface area contributed by atoms with Crippen molar-refractivity contribution in [3.8, 4) is 16.8 Å². The van der Waals surface area contributed by atoms with Crippen LogP contribution in [0.1, 0.15) is 58.1 Å². The van der Waals surface area contributed by atoms with E-state index in [-0.39, 0.29) is 29.9 Å². The van der Waals surface area contributed by atoms with Crippen molar-refractivity contribution in [2.75, 3.05) is 17.7 Å². The van der Waals surface area contributed by atoms with E-state index in [0.717, 1.165) is 35.0 Å². The molecule has 10 nitrogen and oxygen atoms in total. The number of ketones is 1. The van der Waals surface area contributed by atoms with Crippen molar-refractivity contribution in [3.05, 3.63) is 100 Å². The minimum Gasteiger partial charge on any atom is -0.396 e. The molecule has 0 bridgehead atoms. The van der Waals surface area contributed by atoms with Crippen LogP contribution in [-0.2, 0) is 6.42 Å². The van der Waals surface area contributed by atoms with Crippen molar-refractivity contribution in [2.45, 2.75) is 38.1 Å². The lowest BCUT2D eigenvalue weighted by atomic mass is 9.81. The van der Waals surface area contributed by atoms with Crippen LogP contribution in [0.15, 0.2) is 71.9 Å². The number of nitrogens with zero attached hydrogens (tertiary/aromatic N) is 4. The fourth-order valence-electron chi connectivity index (χ4n) is 6.33. The molecule has 11 heteroatoms. The van der Waals surface area contributed by atoms with Gasteiger partial charge in [0.05, 0.1) is 5.39 Å². The number of nitrogens with one attached hydrogen (secondary N) is 1. The molecular weight excluding hydrogens is 563 g/mol. The molecule has 0 spiro atoms. The van der Waals surface area contributed by atoms with Crippen molar-refractivity contribution in [1.29, 1.82) is 0 Å². The number of aliphatic hydroxyl groups is 1. The number of Topliss-reactive ketones (excluding diaryl/α,β-unsaturated/α-hetero) is 1. The van der Waals surface area contributed by atoms with Gasteiger partial charge in [-0.15, -0.1) is 0 Å². The SMILES string of the molecule is Nc1ncnc2c1c(-c1ccc(NC(=O)c3cc4c(n(-c5ccc(F)cc5)c3=O)CCCC4=O)cc1)cn2[C@H]1C[C@@H](CO)C1. The maximum Gasteiger partial charge on any atom is 0.268 e. The number of amides is 1. The van der Waals surface area contributed by atoms with Gasteiger partial charge in [0, 0.05) is 53.5 Å². The van der Waals surface area contributed by atoms with Crippen molar-refractivity contribution in [1.82, 2.24) is 19.1 Å². The highest BCUT2D eigenvalue weighted by atomic mass is 19.1. The second-order valence-electron chi connectivity index (χ2n) is 11.4. The number of anilines is 2. The van der Waals surface area contributed by atoms with Crippen LogP contribution < -0.4 is 16.6 Å². The van der Waals surface area contributed by atoms with Crippen molar-refractivity contribution < 1.29 is 19.1 Å². The molecule has 0 unspecified atom stereocenters. The van der Waals surface area contributed by atoms with Crippen LogP contribution in [0.4, 0.5) is 15.9 Å². The van der Waals surface area contributed by atoms with Gasteiger partial charge in [-0.3, -0.25) is 19.0 Å². The quantitative estimate of drug-likeness (QED) is 0.260. The smallest absolute Gasteiger partial charge is 0.268 e. The Balaban J connectivity index is 1.21. The highest BCUT2D eigenvalue weighted by Crippen LogP contribution is 2.42. The number of nitrogen functional groups attached to an aromatic ring is 1. The van der Waals surface area contributed by atoms with Crippen LogP contribution >= 0.6 is 0 Å². The van der Waals surface area contributed by atoms with Crippen LogP contribution in [0.3, 0.4) is 0 Å². The van der Waals surface area contributed by atoms with E-state index in [0.29, 0.717) is 47.7 Å². The van der Waals surface area contributed by atoms with Gasteiger partial charge >= 0.3 is 0 Å². The van der Waals surface area contributed by atoms with E-state index >= 15 is 0 Å². The molecule has 0 aliphatic heterocycles. The molecule has 7 rings (SSSR count). The Morgan fingerprint density at radius 1 is 1.02 bits per heavy atom. The number of benzene rings is 2. The van der Waals surface area contributed by atoms with Crippen molar-refractivity contribution in [3.63, 3.8) is 0 Å². The number of fused-ring (bicyclic) bond motifs is 2. The summed E-state index contributed by atoms with van der Waals surface area (Å²) >= 11 is 0. The second kappa shape index (κ2) is 10.8. The number of halogens is 1. The lowest BCUT2D eigenvalue weighted by molar-refractivity contribution is 0.0971. The summed E-state index contributed by atoms with van der Waals surface area (Å²) in [6.45, 7) is 0.161. The van der Waals surface area contributed by atoms with Gasteiger partial charge in [0.2, 0.25) is 0 Å². The Labute approximate surface area is 251 Å². The molecule has 2 aliphatic carbocycles. The zero-order valence-corrected chi connectivity index (χ0v) is 23.7. The molecule has 222 valence electrons. The first-order chi connectivity index (χ1) is 21.3. The fourth-order valence-corrected chi connectivity index (χ4v) is 6.33. The summed E-state index contributed by atoms with van der Waals surface area (Å²) in [5.74, 6) is -0.619. The topological polar surface area (TPSA) is 145 Å². The third kappa shape index (κ3) is 4.65. The summed E-state index contributed by atoms with van der Waals surface area (Å²) in [7, 11) is 0. The summed E-state index contributed by atoms with van der Waals surface area (Å²) in [6.07, 6.45) is 6.56. The van der Waals surface area contributed by atoms with E-state index in [2.05, 4.69) is 19.9 Å². The van der Waals surface area contributed by atoms with Crippen LogP contribution in [0, 0.1) is 11.7 Å². The second-order valence-corrected chi connectivity index (χ2v) is 11.4. The van der Waals surface area contributed by atoms with E-state index in [1.807, 2.05) is 18.3 Å². The van der Waals surface area contributed by atoms with Crippen molar-refractivity contribution >= 4 is 34.2 Å². The number of rotatable bonds is 6. The van der Waals surface area contributed by atoms with Gasteiger partial charge < -0.3 is 20.7 Å². The minimum atomic E-state index is -0.655. The van der Waals surface area contributed by atoms with E-state index in [9.17, 15) is 23.9 Å². The predicted molar refractivity (Wildman–Crippen MR) is 163 cm³/mol. The molecule has 0 radical (unpaired) electrons. The number of nitrogens with two attached hydrogens (primary N) is 1. The molecule has 2 aliphatic rings. The molecule has 4 N–H and O–H groups in total. The third-order valence-corrected chi connectivity index (χ3v) is 8.71. The van der Waals surface area contributed by atoms with E-state index in [1.165, 1.54) is 41.2 Å². The van der Waals surface area contributed by atoms with Gasteiger partial charge in [-0.25, -0.2) is 14.4 Å². The Morgan fingerprint density at radius 2 is 1.77 bits per heavy atom. The van der Waals surface area contributed by atoms with Gasteiger partial charge in [0.15, 0.2) is 5.78 Å². The molecule has 3 heterocycles. The number of pyridine rings is 1. The van der Waals surface area contributed by atoms with Crippen molar-refractivity contribution in [2.24, 2.45) is 5.92 Å². The number of hydrogen-bond donors (Lipinski definition) is 3. The first-order valence-electron chi connectivity index (χ1n) is 14.5. The summed E-state index contributed by atoms with van der Waals surface area (Å²) in [4.78, 5) is 48.6. The van der Waals surface area contributed by atoms with Crippen LogP contribution in [0.25, 0.3) is 27.8 Å². The predicted octanol–water partition coefficient (Wildman–Crippen LogP) is 4.69. The Morgan fingerprint density at radius 3 is 2.50 bits per heavy atom. The first kappa shape index (κ1) is 27.7. The highest BCUT2D eigenvalue weighted by Gasteiger charge is 2.32. The largest absolute Gasteiger partial charge is 0.396 e. The lowest BCUT2D eigenvalue weighted by Crippen LogP contribution is -2.33. The monoisotopic (exact) mass is 592 g/mol. The average molecular weight is 593 g/mol. The molecular formula is C33H29FN6O4. The molecule has 44 heavy (non-hydrogen) atoms. The van der Waals surface area contributed by atoms with Gasteiger partial charge in [0.25, 0.3) is 11.5 Å². The van der Waals surface area contributed by atoms with Crippen LogP contribution in [0.2, 0.25) is 0 Å². The molecule has 1 amide bonds. The molecule has 0 atom stereocenters. The molecule has 2 aromatic carbocycles. The molecule has 5 aromatic rings. The Kier molecular flexibility index (Phi) is 6.81. The van der Waals surface area contributed by atoms with Gasteiger partial charge in [-0.1, -0.05) is 12.1 Å². The van der Waals surface area contributed by atoms with Crippen LogP contribution in [0.5, 0.6) is 0 Å². The number of carbonyl (C=O) groups excluding carboxylic acids is 2. The van der Waals surface area contributed by atoms with E-state index in [4.69, 9.17) is 5.73 Å². The number of hydrogen-bond acceptors (Lipinski definition) is 7. The zero-order valence-electron chi connectivity index (χ0n) is 23.7. The Hall–Kier alpha value is -5.16. The maximum atomic E-state index is 13.6. The minimum absolute atomic E-state index is 0.142. The normalized spacial score (nSPS) is 17.7.